The average Bonchev–Trinajstić information content (AvgIpc) is 3.24. The number of aliphatic imine (C=N–C) groups is 1. The van der Waals surface area contributed by atoms with Crippen molar-refractivity contribution in [3.05, 3.63) is 57.8 Å². The highest BCUT2D eigenvalue weighted by molar-refractivity contribution is 14.0. The summed E-state index contributed by atoms with van der Waals surface area (Å²) in [5, 5.41) is 5.59. The van der Waals surface area contributed by atoms with Crippen molar-refractivity contribution in [2.75, 3.05) is 33.3 Å². The molecule has 2 heterocycles. The Bertz CT molecular complexity index is 733. The Labute approximate surface area is 196 Å². The first kappa shape index (κ1) is 24.2. The minimum atomic E-state index is 0. The summed E-state index contributed by atoms with van der Waals surface area (Å²) >= 11 is 1.82. The summed E-state index contributed by atoms with van der Waals surface area (Å²) in [6, 6.07) is 13.1. The molecule has 1 aliphatic rings. The van der Waals surface area contributed by atoms with Crippen molar-refractivity contribution in [2.24, 2.45) is 10.9 Å². The summed E-state index contributed by atoms with van der Waals surface area (Å²) in [6.45, 7) is 7.74. The Kier molecular flexibility index (Phi) is 10.4. The molecule has 1 fully saturated rings. The molecule has 1 saturated heterocycles. The quantitative estimate of drug-likeness (QED) is 0.303. The fourth-order valence-electron chi connectivity index (χ4n) is 3.67. The number of benzene rings is 1. The second kappa shape index (κ2) is 12.5. The van der Waals surface area contributed by atoms with E-state index in [1.165, 1.54) is 22.4 Å². The maximum atomic E-state index is 6.16. The fraction of sp³-hybridized carbons (Fsp3) is 0.522. The van der Waals surface area contributed by atoms with Crippen molar-refractivity contribution in [3.63, 3.8) is 0 Å². The van der Waals surface area contributed by atoms with Crippen LogP contribution in [0, 0.1) is 12.8 Å². The number of likely N-dealkylation sites (N-methyl/N-ethyl adjacent to an activating group) is 1. The van der Waals surface area contributed by atoms with E-state index < -0.39 is 0 Å². The zero-order valence-corrected chi connectivity index (χ0v) is 20.9. The van der Waals surface area contributed by atoms with E-state index in [2.05, 4.69) is 72.9 Å². The Balaban J connectivity index is 0.00000300. The molecule has 1 aromatic heterocycles. The second-order valence-electron chi connectivity index (χ2n) is 7.55. The van der Waals surface area contributed by atoms with Crippen molar-refractivity contribution in [1.29, 1.82) is 0 Å². The van der Waals surface area contributed by atoms with Gasteiger partial charge >= 0.3 is 0 Å². The summed E-state index contributed by atoms with van der Waals surface area (Å²) in [4.78, 5) is 8.65. The molecule has 1 aromatic carbocycles. The van der Waals surface area contributed by atoms with E-state index in [0.717, 1.165) is 45.0 Å². The molecule has 6 heteroatoms. The van der Waals surface area contributed by atoms with Crippen LogP contribution in [0.3, 0.4) is 0 Å². The van der Waals surface area contributed by atoms with Gasteiger partial charge in [-0.25, -0.2) is 0 Å². The van der Waals surface area contributed by atoms with E-state index in [-0.39, 0.29) is 30.1 Å². The van der Waals surface area contributed by atoms with Crippen molar-refractivity contribution >= 4 is 41.3 Å². The molecule has 3 rings (SSSR count). The lowest BCUT2D eigenvalue weighted by Gasteiger charge is -2.32. The number of hydrogen-bond acceptors (Lipinski definition) is 3. The molecule has 0 bridgehead atoms. The zero-order valence-electron chi connectivity index (χ0n) is 17.8. The van der Waals surface area contributed by atoms with Crippen LogP contribution in [-0.2, 0) is 11.2 Å². The Hall–Kier alpha value is -1.12. The molecule has 0 aliphatic carbocycles. The first-order valence-electron chi connectivity index (χ1n) is 10.4. The van der Waals surface area contributed by atoms with Gasteiger partial charge in [0.2, 0.25) is 0 Å². The fourth-order valence-corrected chi connectivity index (χ4v) is 4.37. The number of ether oxygens (including phenoxy) is 1. The predicted molar refractivity (Wildman–Crippen MR) is 135 cm³/mol. The van der Waals surface area contributed by atoms with E-state index in [1.54, 1.807) is 0 Å². The smallest absolute Gasteiger partial charge is 0.193 e. The largest absolute Gasteiger partial charge is 0.373 e. The molecule has 1 aliphatic heterocycles. The van der Waals surface area contributed by atoms with Gasteiger partial charge in [-0.2, -0.15) is 0 Å². The van der Waals surface area contributed by atoms with E-state index in [0.29, 0.717) is 5.92 Å². The zero-order chi connectivity index (χ0) is 19.8. The molecular weight excluding hydrogens is 493 g/mol. The minimum Gasteiger partial charge on any atom is -0.373 e. The molecule has 0 saturated carbocycles. The molecule has 29 heavy (non-hydrogen) atoms. The number of thiophene rings is 1. The van der Waals surface area contributed by atoms with Crippen LogP contribution in [0.5, 0.6) is 0 Å². The molecular formula is C23H34IN3OS. The number of nitrogens with one attached hydrogen (secondary N) is 1. The number of rotatable bonds is 7. The van der Waals surface area contributed by atoms with Gasteiger partial charge in [-0.05, 0) is 50.1 Å². The van der Waals surface area contributed by atoms with Crippen LogP contribution in [0.2, 0.25) is 0 Å². The Morgan fingerprint density at radius 1 is 1.28 bits per heavy atom. The maximum absolute atomic E-state index is 6.16. The minimum absolute atomic E-state index is 0. The van der Waals surface area contributed by atoms with Crippen LogP contribution in [-0.4, -0.2) is 44.1 Å². The third-order valence-corrected chi connectivity index (χ3v) is 6.23. The lowest BCUT2D eigenvalue weighted by Crippen LogP contribution is -2.40. The van der Waals surface area contributed by atoms with Crippen molar-refractivity contribution in [2.45, 2.75) is 39.2 Å². The summed E-state index contributed by atoms with van der Waals surface area (Å²) in [5.41, 5.74) is 2.57. The van der Waals surface area contributed by atoms with Gasteiger partial charge in [-0.1, -0.05) is 35.9 Å². The van der Waals surface area contributed by atoms with Crippen LogP contribution < -0.4 is 5.32 Å². The average molecular weight is 528 g/mol. The highest BCUT2D eigenvalue weighted by Crippen LogP contribution is 2.34. The van der Waals surface area contributed by atoms with Gasteiger partial charge in [0.25, 0.3) is 0 Å². The normalized spacial score (nSPS) is 19.5. The molecule has 1 N–H and O–H groups in total. The number of guanidine groups is 1. The third-order valence-electron chi connectivity index (χ3n) is 5.30. The summed E-state index contributed by atoms with van der Waals surface area (Å²) < 4.78 is 6.16. The van der Waals surface area contributed by atoms with E-state index in [9.17, 15) is 0 Å². The first-order valence-corrected chi connectivity index (χ1v) is 11.3. The van der Waals surface area contributed by atoms with Gasteiger partial charge in [0.05, 0.1) is 6.10 Å². The Morgan fingerprint density at radius 2 is 2.07 bits per heavy atom. The van der Waals surface area contributed by atoms with E-state index in [1.807, 2.05) is 11.3 Å². The third kappa shape index (κ3) is 7.26. The molecule has 0 spiro atoms. The van der Waals surface area contributed by atoms with Crippen molar-refractivity contribution in [3.8, 4) is 0 Å². The van der Waals surface area contributed by atoms with E-state index in [4.69, 9.17) is 9.73 Å². The summed E-state index contributed by atoms with van der Waals surface area (Å²) in [5.74, 6) is 1.42. The molecule has 0 amide bonds. The standard InChI is InChI=1S/C23H33N3OS.HI/c1-4-24-23(26(3)14-13-21-8-6-16-28-21)25-17-20-7-5-15-27-22(20)19-11-9-18(2)10-12-19;/h6,8-12,16,20,22H,4-5,7,13-15,17H2,1-3H3,(H,24,25);1H. The molecule has 160 valence electrons. The van der Waals surface area contributed by atoms with Gasteiger partial charge in [0, 0.05) is 44.1 Å². The van der Waals surface area contributed by atoms with Gasteiger partial charge in [0.1, 0.15) is 0 Å². The molecule has 2 unspecified atom stereocenters. The van der Waals surface area contributed by atoms with Gasteiger partial charge in [-0.3, -0.25) is 4.99 Å². The van der Waals surface area contributed by atoms with Gasteiger partial charge < -0.3 is 15.0 Å². The maximum Gasteiger partial charge on any atom is 0.193 e. The van der Waals surface area contributed by atoms with Crippen molar-refractivity contribution in [1.82, 2.24) is 10.2 Å². The topological polar surface area (TPSA) is 36.9 Å². The second-order valence-corrected chi connectivity index (χ2v) is 8.58. The van der Waals surface area contributed by atoms with Crippen LogP contribution in [0.25, 0.3) is 0 Å². The number of hydrogen-bond donors (Lipinski definition) is 1. The first-order chi connectivity index (χ1) is 13.7. The molecule has 2 atom stereocenters. The van der Waals surface area contributed by atoms with Crippen molar-refractivity contribution < 1.29 is 4.74 Å². The van der Waals surface area contributed by atoms with Gasteiger partial charge in [-0.15, -0.1) is 35.3 Å². The number of aryl methyl sites for hydroxylation is 1. The van der Waals surface area contributed by atoms with Crippen LogP contribution in [0.15, 0.2) is 46.8 Å². The Morgan fingerprint density at radius 3 is 2.76 bits per heavy atom. The lowest BCUT2D eigenvalue weighted by molar-refractivity contribution is -0.0250. The molecule has 4 nitrogen and oxygen atoms in total. The summed E-state index contributed by atoms with van der Waals surface area (Å²) in [7, 11) is 2.13. The highest BCUT2D eigenvalue weighted by atomic mass is 127. The number of nitrogens with zero attached hydrogens (tertiary/aromatic N) is 2. The van der Waals surface area contributed by atoms with E-state index >= 15 is 0 Å². The van der Waals surface area contributed by atoms with Crippen LogP contribution in [0.4, 0.5) is 0 Å². The molecule has 0 radical (unpaired) electrons. The summed E-state index contributed by atoms with van der Waals surface area (Å²) in [6.07, 6.45) is 3.49. The van der Waals surface area contributed by atoms with Gasteiger partial charge in [0.15, 0.2) is 5.96 Å². The van der Waals surface area contributed by atoms with Crippen LogP contribution in [0.1, 0.15) is 41.9 Å². The lowest BCUT2D eigenvalue weighted by atomic mass is 9.89. The monoisotopic (exact) mass is 527 g/mol. The SMILES string of the molecule is CCNC(=NCC1CCCOC1c1ccc(C)cc1)N(C)CCc1cccs1.I. The number of halogens is 1. The predicted octanol–water partition coefficient (Wildman–Crippen LogP) is 5.28. The molecule has 2 aromatic rings. The van der Waals surface area contributed by atoms with Crippen LogP contribution >= 0.6 is 35.3 Å². The highest BCUT2D eigenvalue weighted by Gasteiger charge is 2.27.